The minimum absolute atomic E-state index is 0.220. The molecule has 3 heterocycles. The van der Waals surface area contributed by atoms with E-state index < -0.39 is 0 Å². The summed E-state index contributed by atoms with van der Waals surface area (Å²) in [6.07, 6.45) is 5.76. The number of halogens is 1. The first-order valence-corrected chi connectivity index (χ1v) is 8.33. The number of likely N-dealkylation sites (tertiary alicyclic amines) is 1. The van der Waals surface area contributed by atoms with Gasteiger partial charge in [-0.2, -0.15) is 5.10 Å². The maximum absolute atomic E-state index is 13.6. The Balaban J connectivity index is 1.54. The van der Waals surface area contributed by atoms with Crippen LogP contribution >= 0.6 is 0 Å². The van der Waals surface area contributed by atoms with E-state index in [0.717, 1.165) is 55.1 Å². The lowest BCUT2D eigenvalue weighted by atomic mass is 9.90. The molecule has 3 aromatic rings. The molecular weight excluding hydrogens is 305 g/mol. The van der Waals surface area contributed by atoms with Crippen LogP contribution in [0, 0.1) is 5.82 Å². The maximum Gasteiger partial charge on any atom is 0.123 e. The Morgan fingerprint density at radius 1 is 1.29 bits per heavy atom. The summed E-state index contributed by atoms with van der Waals surface area (Å²) in [5.74, 6) is 1.14. The van der Waals surface area contributed by atoms with Gasteiger partial charge >= 0.3 is 0 Å². The lowest BCUT2D eigenvalue weighted by Crippen LogP contribution is -2.34. The highest BCUT2D eigenvalue weighted by Gasteiger charge is 2.25. The second-order valence-electron chi connectivity index (χ2n) is 6.36. The van der Waals surface area contributed by atoms with Crippen LogP contribution in [0.2, 0.25) is 0 Å². The van der Waals surface area contributed by atoms with Crippen molar-refractivity contribution in [2.24, 2.45) is 0 Å². The van der Waals surface area contributed by atoms with Crippen LogP contribution in [0.15, 0.2) is 53.3 Å². The number of rotatable bonds is 4. The van der Waals surface area contributed by atoms with Crippen molar-refractivity contribution >= 4 is 0 Å². The standard InChI is InChI=1S/C19H20FN3O/c20-16-6-1-4-14(10-16)18-11-21-22-19(18)15-5-2-8-23(12-15)13-17-7-3-9-24-17/h1,3-4,6-7,9-11,15H,2,5,8,12-13H2,(H,21,22). The molecule has 0 bridgehead atoms. The van der Waals surface area contributed by atoms with Gasteiger partial charge in [-0.1, -0.05) is 12.1 Å². The molecule has 1 aliphatic rings. The number of hydrogen-bond acceptors (Lipinski definition) is 3. The summed E-state index contributed by atoms with van der Waals surface area (Å²) in [7, 11) is 0. The molecule has 1 unspecified atom stereocenters. The second kappa shape index (κ2) is 6.61. The fourth-order valence-corrected chi connectivity index (χ4v) is 3.55. The highest BCUT2D eigenvalue weighted by Crippen LogP contribution is 2.33. The summed E-state index contributed by atoms with van der Waals surface area (Å²) in [4.78, 5) is 2.41. The molecule has 1 saturated heterocycles. The topological polar surface area (TPSA) is 45.1 Å². The first kappa shape index (κ1) is 15.1. The molecule has 0 spiro atoms. The minimum atomic E-state index is -0.220. The van der Waals surface area contributed by atoms with E-state index in [1.165, 1.54) is 6.07 Å². The SMILES string of the molecule is Fc1cccc(-c2cn[nH]c2C2CCCN(Cc3ccco3)C2)c1. The third-order valence-electron chi connectivity index (χ3n) is 4.68. The zero-order valence-electron chi connectivity index (χ0n) is 13.4. The lowest BCUT2D eigenvalue weighted by molar-refractivity contribution is 0.185. The van der Waals surface area contributed by atoms with E-state index in [2.05, 4.69) is 15.1 Å². The van der Waals surface area contributed by atoms with Crippen molar-refractivity contribution in [2.45, 2.75) is 25.3 Å². The molecule has 0 saturated carbocycles. The largest absolute Gasteiger partial charge is 0.468 e. The molecule has 1 aromatic carbocycles. The molecule has 124 valence electrons. The Kier molecular flexibility index (Phi) is 4.17. The smallest absolute Gasteiger partial charge is 0.123 e. The predicted molar refractivity (Wildman–Crippen MR) is 89.9 cm³/mol. The number of hydrogen-bond donors (Lipinski definition) is 1. The highest BCUT2D eigenvalue weighted by atomic mass is 19.1. The number of benzene rings is 1. The van der Waals surface area contributed by atoms with Crippen molar-refractivity contribution in [1.29, 1.82) is 0 Å². The van der Waals surface area contributed by atoms with Gasteiger partial charge in [-0.3, -0.25) is 10.00 Å². The molecule has 4 nitrogen and oxygen atoms in total. The number of furan rings is 1. The van der Waals surface area contributed by atoms with Gasteiger partial charge in [0.1, 0.15) is 11.6 Å². The quantitative estimate of drug-likeness (QED) is 0.782. The third-order valence-corrected chi connectivity index (χ3v) is 4.68. The third kappa shape index (κ3) is 3.12. The van der Waals surface area contributed by atoms with Crippen LogP contribution in [0.3, 0.4) is 0 Å². The number of aromatic nitrogens is 2. The van der Waals surface area contributed by atoms with Gasteiger partial charge in [-0.25, -0.2) is 4.39 Å². The summed E-state index contributed by atoms with van der Waals surface area (Å²) in [6.45, 7) is 2.85. The second-order valence-corrected chi connectivity index (χ2v) is 6.36. The Bertz CT molecular complexity index is 797. The van der Waals surface area contributed by atoms with Crippen LogP contribution in [0.1, 0.15) is 30.2 Å². The maximum atomic E-state index is 13.6. The van der Waals surface area contributed by atoms with Crippen LogP contribution in [-0.2, 0) is 6.54 Å². The van der Waals surface area contributed by atoms with Crippen LogP contribution in [0.4, 0.5) is 4.39 Å². The van der Waals surface area contributed by atoms with E-state index in [1.54, 1.807) is 24.6 Å². The van der Waals surface area contributed by atoms with Gasteiger partial charge in [0.05, 0.1) is 19.0 Å². The molecule has 1 atom stereocenters. The normalized spacial score (nSPS) is 18.8. The zero-order chi connectivity index (χ0) is 16.4. The van der Waals surface area contributed by atoms with Crippen molar-refractivity contribution in [3.05, 3.63) is 66.1 Å². The van der Waals surface area contributed by atoms with Crippen LogP contribution < -0.4 is 0 Å². The number of piperidine rings is 1. The van der Waals surface area contributed by atoms with Crippen LogP contribution in [0.25, 0.3) is 11.1 Å². The number of aromatic amines is 1. The molecule has 0 radical (unpaired) electrons. The van der Waals surface area contributed by atoms with Gasteiger partial charge in [0.25, 0.3) is 0 Å². The van der Waals surface area contributed by atoms with Crippen molar-refractivity contribution in [2.75, 3.05) is 13.1 Å². The van der Waals surface area contributed by atoms with Gasteiger partial charge in [-0.15, -0.1) is 0 Å². The molecule has 5 heteroatoms. The summed E-state index contributed by atoms with van der Waals surface area (Å²) in [6, 6.07) is 10.6. The summed E-state index contributed by atoms with van der Waals surface area (Å²) >= 11 is 0. The van der Waals surface area contributed by atoms with Gasteiger partial charge in [0, 0.05) is 23.7 Å². The molecule has 1 aliphatic heterocycles. The van der Waals surface area contributed by atoms with Crippen LogP contribution in [-0.4, -0.2) is 28.2 Å². The molecule has 0 aliphatic carbocycles. The number of H-pyrrole nitrogens is 1. The average Bonchev–Trinajstić information content (AvgIpc) is 3.26. The molecular formula is C19H20FN3O. The van der Waals surface area contributed by atoms with E-state index in [0.29, 0.717) is 5.92 Å². The number of nitrogens with zero attached hydrogens (tertiary/aromatic N) is 2. The van der Waals surface area contributed by atoms with E-state index >= 15 is 0 Å². The summed E-state index contributed by atoms with van der Waals surface area (Å²) < 4.78 is 19.0. The predicted octanol–water partition coefficient (Wildman–Crippen LogP) is 4.19. The Morgan fingerprint density at radius 3 is 3.08 bits per heavy atom. The zero-order valence-corrected chi connectivity index (χ0v) is 13.4. The Morgan fingerprint density at radius 2 is 2.25 bits per heavy atom. The first-order chi connectivity index (χ1) is 11.8. The Hall–Kier alpha value is -2.40. The van der Waals surface area contributed by atoms with Crippen LogP contribution in [0.5, 0.6) is 0 Å². The van der Waals surface area contributed by atoms with Crippen molar-refractivity contribution in [3.8, 4) is 11.1 Å². The highest BCUT2D eigenvalue weighted by molar-refractivity contribution is 5.65. The summed E-state index contributed by atoms with van der Waals surface area (Å²) in [5.41, 5.74) is 2.98. The first-order valence-electron chi connectivity index (χ1n) is 8.33. The van der Waals surface area contributed by atoms with E-state index in [9.17, 15) is 4.39 Å². The molecule has 4 rings (SSSR count). The molecule has 24 heavy (non-hydrogen) atoms. The molecule has 2 aromatic heterocycles. The monoisotopic (exact) mass is 325 g/mol. The average molecular weight is 325 g/mol. The lowest BCUT2D eigenvalue weighted by Gasteiger charge is -2.32. The minimum Gasteiger partial charge on any atom is -0.468 e. The molecule has 0 amide bonds. The molecule has 1 N–H and O–H groups in total. The van der Waals surface area contributed by atoms with E-state index in [1.807, 2.05) is 18.2 Å². The molecule has 1 fully saturated rings. The van der Waals surface area contributed by atoms with Gasteiger partial charge in [0.2, 0.25) is 0 Å². The van der Waals surface area contributed by atoms with Crippen molar-refractivity contribution < 1.29 is 8.81 Å². The fraction of sp³-hybridized carbons (Fsp3) is 0.316. The fourth-order valence-electron chi connectivity index (χ4n) is 3.55. The summed E-state index contributed by atoms with van der Waals surface area (Å²) in [5, 5.41) is 7.37. The van der Waals surface area contributed by atoms with Gasteiger partial charge in [-0.05, 0) is 49.2 Å². The van der Waals surface area contributed by atoms with Gasteiger partial charge in [0.15, 0.2) is 0 Å². The Labute approximate surface area is 140 Å². The van der Waals surface area contributed by atoms with E-state index in [-0.39, 0.29) is 5.82 Å². The number of nitrogens with one attached hydrogen (secondary N) is 1. The van der Waals surface area contributed by atoms with Gasteiger partial charge < -0.3 is 4.42 Å². The van der Waals surface area contributed by atoms with Crippen molar-refractivity contribution in [3.63, 3.8) is 0 Å². The van der Waals surface area contributed by atoms with Crippen molar-refractivity contribution in [1.82, 2.24) is 15.1 Å². The van der Waals surface area contributed by atoms with E-state index in [4.69, 9.17) is 4.42 Å².